The van der Waals surface area contributed by atoms with Gasteiger partial charge < -0.3 is 19.5 Å². The standard InChI is InChI=1S/C52H103NO5/c1-6-11-15-19-21-23-29-39-49(37-27-18-14-9-4)47-58-52(56)43-33-25-31-41-50(53(10-5)44-34-35-45-54)40-30-24-32-42-51(55)57-46-48(36-26-17-13-8-3)38-28-22-20-16-12-7-2/h48-50,54H,6-47H2,1-5H3. The zero-order chi connectivity index (χ0) is 42.6. The average molecular weight is 822 g/mol. The first-order valence-corrected chi connectivity index (χ1v) is 26.1. The Hall–Kier alpha value is -1.14. The van der Waals surface area contributed by atoms with Crippen LogP contribution < -0.4 is 0 Å². The van der Waals surface area contributed by atoms with Gasteiger partial charge in [-0.25, -0.2) is 0 Å². The summed E-state index contributed by atoms with van der Waals surface area (Å²) in [4.78, 5) is 28.2. The van der Waals surface area contributed by atoms with E-state index in [1.807, 2.05) is 0 Å². The van der Waals surface area contributed by atoms with Crippen molar-refractivity contribution in [2.24, 2.45) is 11.8 Å². The van der Waals surface area contributed by atoms with Gasteiger partial charge in [-0.1, -0.05) is 195 Å². The monoisotopic (exact) mass is 822 g/mol. The second-order valence-corrected chi connectivity index (χ2v) is 18.2. The molecule has 0 aliphatic heterocycles. The van der Waals surface area contributed by atoms with Crippen LogP contribution in [0.5, 0.6) is 0 Å². The Labute approximate surface area is 362 Å². The minimum Gasteiger partial charge on any atom is -0.465 e. The third-order valence-corrected chi connectivity index (χ3v) is 12.7. The third kappa shape index (κ3) is 37.8. The number of unbranched alkanes of at least 4 members (excludes halogenated alkanes) is 22. The lowest BCUT2D eigenvalue weighted by atomic mass is 9.95. The molecule has 0 spiro atoms. The van der Waals surface area contributed by atoms with E-state index in [0.717, 1.165) is 77.3 Å². The number of carbonyl (C=O) groups excluding carboxylic acids is 2. The first kappa shape index (κ1) is 56.9. The second-order valence-electron chi connectivity index (χ2n) is 18.2. The fourth-order valence-corrected chi connectivity index (χ4v) is 8.70. The second kappa shape index (κ2) is 45.4. The van der Waals surface area contributed by atoms with Gasteiger partial charge >= 0.3 is 11.9 Å². The lowest BCUT2D eigenvalue weighted by Crippen LogP contribution is -2.36. The third-order valence-electron chi connectivity index (χ3n) is 12.7. The molecule has 6 heteroatoms. The van der Waals surface area contributed by atoms with Crippen molar-refractivity contribution in [3.05, 3.63) is 0 Å². The highest BCUT2D eigenvalue weighted by molar-refractivity contribution is 5.69. The van der Waals surface area contributed by atoms with Gasteiger partial charge in [-0.2, -0.15) is 0 Å². The summed E-state index contributed by atoms with van der Waals surface area (Å²) in [5, 5.41) is 9.40. The topological polar surface area (TPSA) is 76.1 Å². The van der Waals surface area contributed by atoms with Gasteiger partial charge in [-0.05, 0) is 89.1 Å². The van der Waals surface area contributed by atoms with Crippen molar-refractivity contribution >= 4 is 11.9 Å². The summed E-state index contributed by atoms with van der Waals surface area (Å²) in [5.74, 6) is 1.02. The molecule has 1 N–H and O–H groups in total. The molecule has 6 nitrogen and oxygen atoms in total. The summed E-state index contributed by atoms with van der Waals surface area (Å²) < 4.78 is 11.8. The number of rotatable bonds is 47. The molecule has 0 saturated carbocycles. The minimum atomic E-state index is -0.00794. The van der Waals surface area contributed by atoms with Crippen LogP contribution >= 0.6 is 0 Å². The van der Waals surface area contributed by atoms with Gasteiger partial charge in [0.05, 0.1) is 13.2 Å². The van der Waals surface area contributed by atoms with Crippen LogP contribution in [-0.2, 0) is 19.1 Å². The largest absolute Gasteiger partial charge is 0.465 e. The molecule has 0 aromatic heterocycles. The van der Waals surface area contributed by atoms with Gasteiger partial charge in [0.15, 0.2) is 0 Å². The molecule has 3 atom stereocenters. The van der Waals surface area contributed by atoms with E-state index in [9.17, 15) is 14.7 Å². The van der Waals surface area contributed by atoms with Crippen LogP contribution in [-0.4, -0.2) is 60.9 Å². The van der Waals surface area contributed by atoms with Crippen LogP contribution in [0, 0.1) is 11.8 Å². The van der Waals surface area contributed by atoms with E-state index in [2.05, 4.69) is 39.5 Å². The molecule has 346 valence electrons. The van der Waals surface area contributed by atoms with Crippen molar-refractivity contribution in [2.45, 2.75) is 278 Å². The summed E-state index contributed by atoms with van der Waals surface area (Å²) in [7, 11) is 0. The molecule has 58 heavy (non-hydrogen) atoms. The van der Waals surface area contributed by atoms with Crippen LogP contribution in [0.15, 0.2) is 0 Å². The number of aliphatic hydroxyl groups excluding tert-OH is 1. The van der Waals surface area contributed by atoms with Gasteiger partial charge in [0, 0.05) is 25.5 Å². The van der Waals surface area contributed by atoms with E-state index in [0.29, 0.717) is 43.9 Å². The highest BCUT2D eigenvalue weighted by atomic mass is 16.5. The van der Waals surface area contributed by atoms with E-state index in [4.69, 9.17) is 9.47 Å². The average Bonchev–Trinajstić information content (AvgIpc) is 3.23. The summed E-state index contributed by atoms with van der Waals surface area (Å²) in [6, 6.07) is 0.512. The normalized spacial score (nSPS) is 13.2. The molecule has 0 aliphatic rings. The number of hydrogen-bond acceptors (Lipinski definition) is 6. The van der Waals surface area contributed by atoms with Gasteiger partial charge in [-0.3, -0.25) is 9.59 Å². The summed E-state index contributed by atoms with van der Waals surface area (Å²) >= 11 is 0. The van der Waals surface area contributed by atoms with E-state index in [-0.39, 0.29) is 18.5 Å². The first-order valence-electron chi connectivity index (χ1n) is 26.1. The molecule has 0 rings (SSSR count). The van der Waals surface area contributed by atoms with Gasteiger partial charge in [0.1, 0.15) is 0 Å². The maximum absolute atomic E-state index is 12.8. The zero-order valence-electron chi connectivity index (χ0n) is 40.0. The quantitative estimate of drug-likeness (QED) is 0.0487. The number of hydrogen-bond donors (Lipinski definition) is 1. The van der Waals surface area contributed by atoms with Crippen LogP contribution in [0.1, 0.15) is 272 Å². The van der Waals surface area contributed by atoms with Crippen molar-refractivity contribution in [3.63, 3.8) is 0 Å². The summed E-state index contributed by atoms with van der Waals surface area (Å²) in [6.45, 7) is 14.9. The Balaban J connectivity index is 4.68. The Morgan fingerprint density at radius 3 is 1.10 bits per heavy atom. The highest BCUT2D eigenvalue weighted by Crippen LogP contribution is 2.23. The molecule has 0 amide bonds. The Morgan fingerprint density at radius 1 is 0.414 bits per heavy atom. The van der Waals surface area contributed by atoms with Crippen LogP contribution in [0.4, 0.5) is 0 Å². The smallest absolute Gasteiger partial charge is 0.305 e. The van der Waals surface area contributed by atoms with Crippen molar-refractivity contribution in [1.29, 1.82) is 0 Å². The van der Waals surface area contributed by atoms with E-state index >= 15 is 0 Å². The summed E-state index contributed by atoms with van der Waals surface area (Å²) in [5.41, 5.74) is 0. The van der Waals surface area contributed by atoms with E-state index in [1.54, 1.807) is 0 Å². The number of esters is 2. The SMILES string of the molecule is CCCCCCCCCC(CCCCCC)COC(=O)CCCCCC(CCCCCC(=O)OCC(CCCCCC)CCCCCCCC)N(CC)CCCCO. The molecule has 3 unspecified atom stereocenters. The van der Waals surface area contributed by atoms with Crippen LogP contribution in [0.3, 0.4) is 0 Å². The molecule has 0 saturated heterocycles. The maximum atomic E-state index is 12.8. The Morgan fingerprint density at radius 2 is 0.741 bits per heavy atom. The van der Waals surface area contributed by atoms with Gasteiger partial charge in [0.25, 0.3) is 0 Å². The fourth-order valence-electron chi connectivity index (χ4n) is 8.70. The fraction of sp³-hybridized carbons (Fsp3) is 0.962. The first-order chi connectivity index (χ1) is 28.4. The van der Waals surface area contributed by atoms with E-state index < -0.39 is 0 Å². The molecular formula is C52H103NO5. The van der Waals surface area contributed by atoms with Crippen LogP contribution in [0.2, 0.25) is 0 Å². The molecule has 0 aromatic rings. The number of aliphatic hydroxyl groups is 1. The summed E-state index contributed by atoms with van der Waals surface area (Å²) in [6.07, 6.45) is 43.6. The molecule has 0 aromatic carbocycles. The lowest BCUT2D eigenvalue weighted by molar-refractivity contribution is -0.146. The lowest BCUT2D eigenvalue weighted by Gasteiger charge is -2.31. The van der Waals surface area contributed by atoms with Crippen molar-refractivity contribution in [2.75, 3.05) is 32.9 Å². The van der Waals surface area contributed by atoms with Crippen molar-refractivity contribution in [1.82, 2.24) is 4.90 Å². The molecule has 0 bridgehead atoms. The van der Waals surface area contributed by atoms with Gasteiger partial charge in [0.2, 0.25) is 0 Å². The Bertz CT molecular complexity index is 852. The minimum absolute atomic E-state index is 0.00677. The van der Waals surface area contributed by atoms with Crippen molar-refractivity contribution < 1.29 is 24.2 Å². The van der Waals surface area contributed by atoms with Crippen molar-refractivity contribution in [3.8, 4) is 0 Å². The highest BCUT2D eigenvalue weighted by Gasteiger charge is 2.18. The molecule has 0 radical (unpaired) electrons. The maximum Gasteiger partial charge on any atom is 0.305 e. The number of carbonyl (C=O) groups is 2. The molecule has 0 aliphatic carbocycles. The molecule has 0 heterocycles. The number of ether oxygens (including phenoxy) is 2. The van der Waals surface area contributed by atoms with Gasteiger partial charge in [-0.15, -0.1) is 0 Å². The van der Waals surface area contributed by atoms with Crippen LogP contribution in [0.25, 0.3) is 0 Å². The number of nitrogens with zero attached hydrogens (tertiary/aromatic N) is 1. The molecular weight excluding hydrogens is 719 g/mol. The Kier molecular flexibility index (Phi) is 44.5. The predicted molar refractivity (Wildman–Crippen MR) is 251 cm³/mol. The van der Waals surface area contributed by atoms with E-state index in [1.165, 1.54) is 161 Å². The molecule has 0 fully saturated rings. The zero-order valence-corrected chi connectivity index (χ0v) is 40.0. The predicted octanol–water partition coefficient (Wildman–Crippen LogP) is 15.5.